The highest BCUT2D eigenvalue weighted by Gasteiger charge is 2.33. The summed E-state index contributed by atoms with van der Waals surface area (Å²) in [6, 6.07) is 3.32. The smallest absolute Gasteiger partial charge is 0.234 e. The number of carbonyl (C=O) groups excluding carboxylic acids is 3. The zero-order valence-corrected chi connectivity index (χ0v) is 18.8. The van der Waals surface area contributed by atoms with Gasteiger partial charge >= 0.3 is 0 Å². The minimum atomic E-state index is -0.931. The minimum Gasteiger partial charge on any atom is -0.480 e. The van der Waals surface area contributed by atoms with E-state index in [1.54, 1.807) is 26.0 Å². The van der Waals surface area contributed by atoms with Crippen molar-refractivity contribution >= 4 is 40.9 Å². The number of piperidine rings is 1. The number of ether oxygens (including phenoxy) is 1. The first-order valence-corrected chi connectivity index (χ1v) is 10.4. The highest BCUT2D eigenvalue weighted by atomic mass is 35.5. The van der Waals surface area contributed by atoms with Crippen LogP contribution < -0.4 is 15.4 Å². The first-order valence-electron chi connectivity index (χ1n) is 9.59. The zero-order valence-electron chi connectivity index (χ0n) is 17.3. The third-order valence-electron chi connectivity index (χ3n) is 5.22. The molecule has 1 fully saturated rings. The average molecular weight is 465 g/mol. The molecule has 2 heterocycles. The quantitative estimate of drug-likeness (QED) is 0.635. The summed E-state index contributed by atoms with van der Waals surface area (Å²) < 4.78 is 4.99. The van der Waals surface area contributed by atoms with Crippen molar-refractivity contribution in [2.24, 2.45) is 0 Å². The Morgan fingerprint density at radius 3 is 2.45 bits per heavy atom. The third kappa shape index (κ3) is 4.97. The van der Waals surface area contributed by atoms with Gasteiger partial charge in [0, 0.05) is 28.6 Å². The van der Waals surface area contributed by atoms with E-state index in [0.717, 1.165) is 0 Å². The number of methoxy groups -OCH3 is 1. The highest BCUT2D eigenvalue weighted by molar-refractivity contribution is 6.36. The molecule has 1 atom stereocenters. The van der Waals surface area contributed by atoms with E-state index >= 15 is 0 Å². The monoisotopic (exact) mass is 464 g/mol. The van der Waals surface area contributed by atoms with Crippen LogP contribution in [0.4, 0.5) is 0 Å². The number of benzene rings is 1. The molecule has 0 aliphatic carbocycles. The summed E-state index contributed by atoms with van der Waals surface area (Å²) in [5, 5.41) is 5.78. The second kappa shape index (κ2) is 9.20. The molecule has 2 N–H and O–H groups in total. The summed E-state index contributed by atoms with van der Waals surface area (Å²) in [6.45, 7) is 3.66. The lowest BCUT2D eigenvalue weighted by Gasteiger charge is -2.24. The average Bonchev–Trinajstić information content (AvgIpc) is 2.73. The summed E-state index contributed by atoms with van der Waals surface area (Å²) >= 11 is 12.8. The molecular formula is C21H22Cl2N4O4. The Hall–Kier alpha value is -2.71. The van der Waals surface area contributed by atoms with Crippen molar-refractivity contribution in [1.29, 1.82) is 0 Å². The number of halogens is 2. The third-order valence-corrected chi connectivity index (χ3v) is 5.85. The number of hydrogen-bond acceptors (Lipinski definition) is 6. The molecule has 1 aliphatic heterocycles. The van der Waals surface area contributed by atoms with Gasteiger partial charge in [0.15, 0.2) is 0 Å². The predicted molar refractivity (Wildman–Crippen MR) is 115 cm³/mol. The summed E-state index contributed by atoms with van der Waals surface area (Å²) in [5.74, 6) is -1.21. The first-order chi connectivity index (χ1) is 14.6. The maximum atomic E-state index is 12.8. The van der Waals surface area contributed by atoms with Crippen molar-refractivity contribution in [3.63, 3.8) is 0 Å². The van der Waals surface area contributed by atoms with Gasteiger partial charge in [-0.05, 0) is 38.0 Å². The van der Waals surface area contributed by atoms with Gasteiger partial charge in [-0.3, -0.25) is 24.7 Å². The van der Waals surface area contributed by atoms with Gasteiger partial charge in [-0.25, -0.2) is 4.98 Å². The van der Waals surface area contributed by atoms with Gasteiger partial charge in [-0.2, -0.15) is 0 Å². The van der Waals surface area contributed by atoms with Crippen LogP contribution in [0.5, 0.6) is 5.88 Å². The molecule has 1 aromatic carbocycles. The molecule has 0 bridgehead atoms. The fraction of sp³-hybridized carbons (Fsp3) is 0.381. The Kier molecular flexibility index (Phi) is 6.81. The molecule has 3 amide bonds. The fourth-order valence-electron chi connectivity index (χ4n) is 3.30. The zero-order chi connectivity index (χ0) is 22.8. The summed E-state index contributed by atoms with van der Waals surface area (Å²) in [5.41, 5.74) is 0.725. The number of hydrogen-bond donors (Lipinski definition) is 2. The molecule has 8 nitrogen and oxygen atoms in total. The van der Waals surface area contributed by atoms with Crippen molar-refractivity contribution < 1.29 is 19.1 Å². The largest absolute Gasteiger partial charge is 0.480 e. The molecule has 0 saturated carbocycles. The maximum absolute atomic E-state index is 12.8. The molecule has 3 rings (SSSR count). The van der Waals surface area contributed by atoms with Gasteiger partial charge in [-0.15, -0.1) is 0 Å². The molecular weight excluding hydrogens is 443 g/mol. The van der Waals surface area contributed by atoms with Crippen LogP contribution in [-0.2, 0) is 26.3 Å². The molecule has 1 aliphatic rings. The lowest BCUT2D eigenvalue weighted by molar-refractivity contribution is -0.134. The maximum Gasteiger partial charge on any atom is 0.234 e. The summed E-state index contributed by atoms with van der Waals surface area (Å²) in [4.78, 5) is 44.7. The number of nitrogens with one attached hydrogen (secondary N) is 2. The molecule has 2 aromatic rings. The van der Waals surface area contributed by atoms with Crippen molar-refractivity contribution in [3.8, 4) is 5.88 Å². The Bertz CT molecular complexity index is 1000. The van der Waals surface area contributed by atoms with E-state index in [0.29, 0.717) is 39.2 Å². The molecule has 1 aromatic heterocycles. The van der Waals surface area contributed by atoms with Crippen molar-refractivity contribution in [3.05, 3.63) is 51.4 Å². The van der Waals surface area contributed by atoms with E-state index < -0.39 is 17.2 Å². The van der Waals surface area contributed by atoms with Crippen molar-refractivity contribution in [1.82, 2.24) is 20.6 Å². The SMILES string of the molecule is COc1cnc(C(C)(C)C(=O)NCc2cc(Cl)c(C3CCC(=O)NC3=O)c(Cl)c2)cn1. The Morgan fingerprint density at radius 1 is 1.23 bits per heavy atom. The Labute approximate surface area is 189 Å². The Balaban J connectivity index is 1.72. The van der Waals surface area contributed by atoms with E-state index in [1.165, 1.54) is 19.5 Å². The molecule has 10 heteroatoms. The van der Waals surface area contributed by atoms with Crippen LogP contribution >= 0.6 is 23.2 Å². The van der Waals surface area contributed by atoms with Gasteiger partial charge in [0.25, 0.3) is 0 Å². The molecule has 0 spiro atoms. The van der Waals surface area contributed by atoms with E-state index in [2.05, 4.69) is 20.6 Å². The van der Waals surface area contributed by atoms with Crippen LogP contribution in [0.1, 0.15) is 49.4 Å². The van der Waals surface area contributed by atoms with Crippen LogP contribution in [0.2, 0.25) is 10.0 Å². The van der Waals surface area contributed by atoms with Crippen LogP contribution in [0.25, 0.3) is 0 Å². The fourth-order valence-corrected chi connectivity index (χ4v) is 4.10. The molecule has 164 valence electrons. The minimum absolute atomic E-state index is 0.181. The molecule has 1 saturated heterocycles. The summed E-state index contributed by atoms with van der Waals surface area (Å²) in [7, 11) is 1.49. The lowest BCUT2D eigenvalue weighted by atomic mass is 9.88. The van der Waals surface area contributed by atoms with Gasteiger partial charge in [0.1, 0.15) is 0 Å². The first kappa shape index (κ1) is 23.0. The molecule has 1 unspecified atom stereocenters. The van der Waals surface area contributed by atoms with Gasteiger partial charge in [0.2, 0.25) is 23.6 Å². The number of rotatable bonds is 6. The van der Waals surface area contributed by atoms with E-state index in [-0.39, 0.29) is 24.8 Å². The van der Waals surface area contributed by atoms with E-state index in [1.807, 2.05) is 0 Å². The Morgan fingerprint density at radius 2 is 1.90 bits per heavy atom. The van der Waals surface area contributed by atoms with Crippen LogP contribution in [0.3, 0.4) is 0 Å². The van der Waals surface area contributed by atoms with Crippen molar-refractivity contribution in [2.75, 3.05) is 7.11 Å². The number of amides is 3. The topological polar surface area (TPSA) is 110 Å². The lowest BCUT2D eigenvalue weighted by Crippen LogP contribution is -2.40. The van der Waals surface area contributed by atoms with Gasteiger partial charge in [-0.1, -0.05) is 23.2 Å². The molecule has 0 radical (unpaired) electrons. The van der Waals surface area contributed by atoms with Crippen LogP contribution in [0.15, 0.2) is 24.5 Å². The van der Waals surface area contributed by atoms with E-state index in [4.69, 9.17) is 27.9 Å². The number of carbonyl (C=O) groups is 3. The second-order valence-electron chi connectivity index (χ2n) is 7.73. The summed E-state index contributed by atoms with van der Waals surface area (Å²) in [6.07, 6.45) is 3.53. The van der Waals surface area contributed by atoms with Crippen molar-refractivity contribution in [2.45, 2.75) is 44.6 Å². The van der Waals surface area contributed by atoms with Gasteiger partial charge in [0.05, 0.1) is 36.5 Å². The number of nitrogens with zero attached hydrogens (tertiary/aromatic N) is 2. The highest BCUT2D eigenvalue weighted by Crippen LogP contribution is 2.37. The van der Waals surface area contributed by atoms with E-state index in [9.17, 15) is 14.4 Å². The number of imide groups is 1. The standard InChI is InChI=1S/C21H22Cl2N4O4/c1-21(2,15-9-25-17(31-3)10-24-15)20(30)26-8-11-6-13(22)18(14(23)7-11)12-4-5-16(28)27-19(12)29/h6-7,9-10,12H,4-5,8H2,1-3H3,(H,26,30)(H,27,28,29). The predicted octanol–water partition coefficient (Wildman–Crippen LogP) is 2.91. The second-order valence-corrected chi connectivity index (χ2v) is 8.54. The van der Waals surface area contributed by atoms with Gasteiger partial charge < -0.3 is 10.1 Å². The number of aromatic nitrogens is 2. The van der Waals surface area contributed by atoms with Crippen LogP contribution in [-0.4, -0.2) is 34.8 Å². The molecule has 31 heavy (non-hydrogen) atoms. The normalized spacial score (nSPS) is 16.6. The van der Waals surface area contributed by atoms with Crippen LogP contribution in [0, 0.1) is 0 Å².